The lowest BCUT2D eigenvalue weighted by atomic mass is 10.1. The molecule has 0 N–H and O–H groups in total. The van der Waals surface area contributed by atoms with Crippen LogP contribution < -0.4 is 0 Å². The molecule has 0 saturated heterocycles. The molecular weight excluding hydrogens is 272 g/mol. The van der Waals surface area contributed by atoms with E-state index in [0.29, 0.717) is 6.61 Å². The first-order valence-electron chi connectivity index (χ1n) is 6.59. The monoisotopic (exact) mass is 288 g/mol. The number of aryl methyl sites for hydroxylation is 2. The fraction of sp³-hybridized carbons (Fsp3) is 0.357. The average Bonchev–Trinajstić information content (AvgIpc) is 3.02. The molecule has 3 rings (SSSR count). The minimum absolute atomic E-state index is 0.439. The van der Waals surface area contributed by atoms with E-state index in [1.165, 1.54) is 5.56 Å². The lowest BCUT2D eigenvalue weighted by Gasteiger charge is -1.98. The fourth-order valence-corrected chi connectivity index (χ4v) is 3.00. The summed E-state index contributed by atoms with van der Waals surface area (Å²) in [5.41, 5.74) is 1.37. The Balaban J connectivity index is 1.63. The number of aromatic nitrogens is 4. The molecule has 0 atom stereocenters. The molecule has 0 amide bonds. The van der Waals surface area contributed by atoms with Gasteiger partial charge in [-0.1, -0.05) is 41.7 Å². The Kier molecular flexibility index (Phi) is 4.03. The summed E-state index contributed by atoms with van der Waals surface area (Å²) in [6.45, 7) is 0.439. The first-order chi connectivity index (χ1) is 9.86. The summed E-state index contributed by atoms with van der Waals surface area (Å²) in [6.07, 6.45) is 3.13. The Hall–Kier alpha value is -1.79. The SMILES string of the molecule is COCc1nnc2sc(CCCc3ccccc3)nn12. The fourth-order valence-electron chi connectivity index (χ4n) is 2.11. The number of benzene rings is 1. The molecule has 0 aliphatic rings. The molecule has 0 aliphatic heterocycles. The van der Waals surface area contributed by atoms with Crippen LogP contribution in [0.1, 0.15) is 22.8 Å². The minimum Gasteiger partial charge on any atom is -0.377 e. The summed E-state index contributed by atoms with van der Waals surface area (Å²) < 4.78 is 6.87. The van der Waals surface area contributed by atoms with E-state index in [-0.39, 0.29) is 0 Å². The molecule has 0 spiro atoms. The number of hydrogen-bond acceptors (Lipinski definition) is 5. The van der Waals surface area contributed by atoms with E-state index in [0.717, 1.165) is 35.1 Å². The number of ether oxygens (including phenoxy) is 1. The van der Waals surface area contributed by atoms with E-state index >= 15 is 0 Å². The van der Waals surface area contributed by atoms with Crippen LogP contribution in [0.5, 0.6) is 0 Å². The van der Waals surface area contributed by atoms with Gasteiger partial charge in [-0.2, -0.15) is 9.61 Å². The molecule has 0 fully saturated rings. The van der Waals surface area contributed by atoms with Crippen molar-refractivity contribution in [3.05, 3.63) is 46.7 Å². The maximum atomic E-state index is 5.08. The largest absolute Gasteiger partial charge is 0.377 e. The first kappa shape index (κ1) is 13.2. The zero-order valence-electron chi connectivity index (χ0n) is 11.3. The third kappa shape index (κ3) is 2.86. The number of nitrogens with zero attached hydrogens (tertiary/aromatic N) is 4. The van der Waals surface area contributed by atoms with E-state index in [1.54, 1.807) is 23.0 Å². The molecule has 5 nitrogen and oxygen atoms in total. The van der Waals surface area contributed by atoms with Crippen molar-refractivity contribution in [1.82, 2.24) is 19.8 Å². The van der Waals surface area contributed by atoms with E-state index in [1.807, 2.05) is 6.07 Å². The van der Waals surface area contributed by atoms with Crippen molar-refractivity contribution in [2.24, 2.45) is 0 Å². The van der Waals surface area contributed by atoms with Gasteiger partial charge in [-0.25, -0.2) is 0 Å². The maximum Gasteiger partial charge on any atom is 0.234 e. The van der Waals surface area contributed by atoms with E-state index < -0.39 is 0 Å². The third-order valence-corrected chi connectivity index (χ3v) is 4.03. The second-order valence-corrected chi connectivity index (χ2v) is 5.62. The second-order valence-electron chi connectivity index (χ2n) is 4.58. The molecule has 0 saturated carbocycles. The topological polar surface area (TPSA) is 52.3 Å². The second kappa shape index (κ2) is 6.11. The minimum atomic E-state index is 0.439. The Morgan fingerprint density at radius 3 is 2.80 bits per heavy atom. The molecule has 2 aromatic heterocycles. The molecule has 3 aromatic rings. The molecule has 6 heteroatoms. The van der Waals surface area contributed by atoms with Crippen LogP contribution in [0.3, 0.4) is 0 Å². The Labute approximate surface area is 121 Å². The van der Waals surface area contributed by atoms with Crippen molar-refractivity contribution in [3.63, 3.8) is 0 Å². The lowest BCUT2D eigenvalue weighted by Crippen LogP contribution is -1.98. The number of rotatable bonds is 6. The summed E-state index contributed by atoms with van der Waals surface area (Å²) in [4.78, 5) is 0.840. The van der Waals surface area contributed by atoms with Gasteiger partial charge in [-0.3, -0.25) is 0 Å². The lowest BCUT2D eigenvalue weighted by molar-refractivity contribution is 0.176. The van der Waals surface area contributed by atoms with E-state index in [9.17, 15) is 0 Å². The zero-order chi connectivity index (χ0) is 13.8. The van der Waals surface area contributed by atoms with Crippen LogP contribution in [-0.2, 0) is 24.2 Å². The molecule has 2 heterocycles. The van der Waals surface area contributed by atoms with Crippen LogP contribution >= 0.6 is 11.3 Å². The Morgan fingerprint density at radius 2 is 2.00 bits per heavy atom. The van der Waals surface area contributed by atoms with E-state index in [4.69, 9.17) is 4.74 Å². The molecule has 20 heavy (non-hydrogen) atoms. The average molecular weight is 288 g/mol. The Bertz CT molecular complexity index is 677. The predicted octanol–water partition coefficient (Wildman–Crippen LogP) is 2.51. The quantitative estimate of drug-likeness (QED) is 0.699. The van der Waals surface area contributed by atoms with Crippen molar-refractivity contribution in [2.75, 3.05) is 7.11 Å². The molecule has 1 aromatic carbocycles. The van der Waals surface area contributed by atoms with Crippen molar-refractivity contribution in [3.8, 4) is 0 Å². The molecule has 0 radical (unpaired) electrons. The third-order valence-electron chi connectivity index (χ3n) is 3.07. The van der Waals surface area contributed by atoms with Crippen LogP contribution in [0.4, 0.5) is 0 Å². The zero-order valence-corrected chi connectivity index (χ0v) is 12.1. The molecule has 0 unspecified atom stereocenters. The maximum absolute atomic E-state index is 5.08. The normalized spacial score (nSPS) is 11.2. The van der Waals surface area contributed by atoms with Gasteiger partial charge in [0.25, 0.3) is 0 Å². The Morgan fingerprint density at radius 1 is 1.15 bits per heavy atom. The molecule has 0 bridgehead atoms. The van der Waals surface area contributed by atoms with Gasteiger partial charge in [0.05, 0.1) is 0 Å². The van der Waals surface area contributed by atoms with Crippen LogP contribution in [0.25, 0.3) is 4.96 Å². The highest BCUT2D eigenvalue weighted by Gasteiger charge is 2.11. The standard InChI is InChI=1S/C14H16N4OS/c1-19-10-12-15-16-14-18(12)17-13(20-14)9-5-8-11-6-3-2-4-7-11/h2-4,6-7H,5,8-10H2,1H3. The first-order valence-corrected chi connectivity index (χ1v) is 7.41. The number of hydrogen-bond donors (Lipinski definition) is 0. The van der Waals surface area contributed by atoms with Crippen LogP contribution in [0, 0.1) is 0 Å². The smallest absolute Gasteiger partial charge is 0.234 e. The van der Waals surface area contributed by atoms with Gasteiger partial charge < -0.3 is 4.74 Å². The molecule has 104 valence electrons. The van der Waals surface area contributed by atoms with E-state index in [2.05, 4.69) is 39.6 Å². The summed E-state index contributed by atoms with van der Waals surface area (Å²) in [5.74, 6) is 0.757. The summed E-state index contributed by atoms with van der Waals surface area (Å²) in [6, 6.07) is 10.5. The number of fused-ring (bicyclic) bond motifs is 1. The summed E-state index contributed by atoms with van der Waals surface area (Å²) in [7, 11) is 1.65. The van der Waals surface area contributed by atoms with Gasteiger partial charge in [-0.05, 0) is 18.4 Å². The highest BCUT2D eigenvalue weighted by molar-refractivity contribution is 7.16. The van der Waals surface area contributed by atoms with Crippen LogP contribution in [0.15, 0.2) is 30.3 Å². The van der Waals surface area contributed by atoms with Crippen molar-refractivity contribution in [1.29, 1.82) is 0 Å². The van der Waals surface area contributed by atoms with Crippen LogP contribution in [-0.4, -0.2) is 26.9 Å². The van der Waals surface area contributed by atoms with Gasteiger partial charge >= 0.3 is 0 Å². The van der Waals surface area contributed by atoms with Gasteiger partial charge in [0.15, 0.2) is 5.82 Å². The number of methoxy groups -OCH3 is 1. The predicted molar refractivity (Wildman–Crippen MR) is 77.8 cm³/mol. The van der Waals surface area contributed by atoms with Crippen molar-refractivity contribution < 1.29 is 4.74 Å². The van der Waals surface area contributed by atoms with Gasteiger partial charge in [0.1, 0.15) is 11.6 Å². The highest BCUT2D eigenvalue weighted by atomic mass is 32.1. The van der Waals surface area contributed by atoms with Crippen molar-refractivity contribution >= 4 is 16.3 Å². The van der Waals surface area contributed by atoms with Gasteiger partial charge in [0, 0.05) is 13.5 Å². The van der Waals surface area contributed by atoms with Gasteiger partial charge in [-0.15, -0.1) is 10.2 Å². The van der Waals surface area contributed by atoms with Gasteiger partial charge in [0.2, 0.25) is 4.96 Å². The molecule has 0 aliphatic carbocycles. The summed E-state index contributed by atoms with van der Waals surface area (Å²) in [5, 5.41) is 13.8. The molecular formula is C14H16N4OS. The highest BCUT2D eigenvalue weighted by Crippen LogP contribution is 2.16. The van der Waals surface area contributed by atoms with Crippen LogP contribution in [0.2, 0.25) is 0 Å². The van der Waals surface area contributed by atoms with Crippen molar-refractivity contribution in [2.45, 2.75) is 25.9 Å². The summed E-state index contributed by atoms with van der Waals surface area (Å²) >= 11 is 1.60.